The van der Waals surface area contributed by atoms with Gasteiger partial charge in [-0.05, 0) is 42.1 Å². The molecule has 0 amide bonds. The van der Waals surface area contributed by atoms with E-state index in [1.807, 2.05) is 0 Å². The zero-order chi connectivity index (χ0) is 12.2. The molecule has 18 heavy (non-hydrogen) atoms. The van der Waals surface area contributed by atoms with Crippen molar-refractivity contribution in [2.75, 3.05) is 6.54 Å². The van der Waals surface area contributed by atoms with Crippen LogP contribution in [0.1, 0.15) is 30.9 Å². The Hall–Kier alpha value is -1.60. The molecule has 1 atom stereocenters. The fraction of sp³-hybridized carbons (Fsp3) is 0.294. The molecule has 1 nitrogen and oxygen atoms in total. The summed E-state index contributed by atoms with van der Waals surface area (Å²) >= 11 is 0. The van der Waals surface area contributed by atoms with Gasteiger partial charge >= 0.3 is 0 Å². The Labute approximate surface area is 109 Å². The Morgan fingerprint density at radius 1 is 0.833 bits per heavy atom. The third kappa shape index (κ3) is 2.46. The van der Waals surface area contributed by atoms with E-state index in [0.717, 1.165) is 6.54 Å². The van der Waals surface area contributed by atoms with E-state index in [1.54, 1.807) is 0 Å². The molecule has 0 spiro atoms. The summed E-state index contributed by atoms with van der Waals surface area (Å²) in [5.74, 6) is 0. The smallest absolute Gasteiger partial charge is 0.0320 e. The molecular weight excluding hydrogens is 218 g/mol. The summed E-state index contributed by atoms with van der Waals surface area (Å²) in [4.78, 5) is 0. The maximum absolute atomic E-state index is 3.61. The largest absolute Gasteiger partial charge is 0.310 e. The normalized spacial score (nSPS) is 19.7. The molecule has 3 rings (SSSR count). The molecule has 1 aliphatic rings. The van der Waals surface area contributed by atoms with Crippen LogP contribution in [-0.2, 0) is 0 Å². The summed E-state index contributed by atoms with van der Waals surface area (Å²) in [6, 6.07) is 20.1. The van der Waals surface area contributed by atoms with Crippen molar-refractivity contribution in [3.63, 3.8) is 0 Å². The molecule has 92 valence electrons. The van der Waals surface area contributed by atoms with Gasteiger partial charge in [-0.15, -0.1) is 0 Å². The van der Waals surface area contributed by atoms with E-state index < -0.39 is 0 Å². The highest BCUT2D eigenvalue weighted by atomic mass is 14.9. The summed E-state index contributed by atoms with van der Waals surface area (Å²) < 4.78 is 0. The molecule has 1 heteroatoms. The van der Waals surface area contributed by atoms with Crippen LogP contribution in [0.3, 0.4) is 0 Å². The molecule has 0 bridgehead atoms. The third-order valence-electron chi connectivity index (χ3n) is 3.71. The molecule has 1 fully saturated rings. The lowest BCUT2D eigenvalue weighted by Gasteiger charge is -2.24. The van der Waals surface area contributed by atoms with Crippen molar-refractivity contribution in [2.24, 2.45) is 0 Å². The first-order valence-corrected chi connectivity index (χ1v) is 6.82. The van der Waals surface area contributed by atoms with Gasteiger partial charge in [-0.2, -0.15) is 0 Å². The number of piperidine rings is 1. The van der Waals surface area contributed by atoms with Crippen molar-refractivity contribution in [1.29, 1.82) is 0 Å². The van der Waals surface area contributed by atoms with Crippen molar-refractivity contribution >= 4 is 0 Å². The van der Waals surface area contributed by atoms with Crippen LogP contribution in [0.15, 0.2) is 54.6 Å². The van der Waals surface area contributed by atoms with Crippen molar-refractivity contribution in [2.45, 2.75) is 25.3 Å². The molecule has 1 saturated heterocycles. The van der Waals surface area contributed by atoms with E-state index in [-0.39, 0.29) is 0 Å². The van der Waals surface area contributed by atoms with Crippen LogP contribution in [0.2, 0.25) is 0 Å². The van der Waals surface area contributed by atoms with Crippen molar-refractivity contribution < 1.29 is 0 Å². The van der Waals surface area contributed by atoms with Gasteiger partial charge < -0.3 is 5.32 Å². The zero-order valence-corrected chi connectivity index (χ0v) is 10.6. The first-order chi connectivity index (χ1) is 8.93. The first kappa shape index (κ1) is 11.5. The summed E-state index contributed by atoms with van der Waals surface area (Å²) in [5, 5.41) is 3.61. The summed E-state index contributed by atoms with van der Waals surface area (Å²) in [7, 11) is 0. The number of hydrogen-bond acceptors (Lipinski definition) is 1. The number of nitrogens with one attached hydrogen (secondary N) is 1. The highest BCUT2D eigenvalue weighted by Crippen LogP contribution is 2.27. The molecule has 1 N–H and O–H groups in total. The number of hydrogen-bond donors (Lipinski definition) is 1. The molecule has 1 aliphatic heterocycles. The molecule has 0 unspecified atom stereocenters. The Morgan fingerprint density at radius 2 is 1.67 bits per heavy atom. The molecule has 0 saturated carbocycles. The van der Waals surface area contributed by atoms with Gasteiger partial charge in [0.05, 0.1) is 0 Å². The summed E-state index contributed by atoms with van der Waals surface area (Å²) in [6.07, 6.45) is 3.92. The number of rotatable bonds is 2. The van der Waals surface area contributed by atoms with Crippen molar-refractivity contribution in [1.82, 2.24) is 5.32 Å². The van der Waals surface area contributed by atoms with Crippen LogP contribution < -0.4 is 5.32 Å². The van der Waals surface area contributed by atoms with Crippen molar-refractivity contribution in [3.05, 3.63) is 60.2 Å². The Kier molecular flexibility index (Phi) is 3.42. The Morgan fingerprint density at radius 3 is 2.44 bits per heavy atom. The minimum Gasteiger partial charge on any atom is -0.310 e. The van der Waals surface area contributed by atoms with E-state index in [4.69, 9.17) is 0 Å². The van der Waals surface area contributed by atoms with E-state index in [0.29, 0.717) is 6.04 Å². The minimum atomic E-state index is 0.544. The average molecular weight is 237 g/mol. The van der Waals surface area contributed by atoms with Gasteiger partial charge in [-0.3, -0.25) is 0 Å². The zero-order valence-electron chi connectivity index (χ0n) is 10.6. The van der Waals surface area contributed by atoms with Crippen LogP contribution in [0.4, 0.5) is 0 Å². The van der Waals surface area contributed by atoms with Gasteiger partial charge in [-0.25, -0.2) is 0 Å². The topological polar surface area (TPSA) is 12.0 Å². The second-order valence-corrected chi connectivity index (χ2v) is 4.99. The van der Waals surface area contributed by atoms with Crippen molar-refractivity contribution in [3.8, 4) is 11.1 Å². The van der Waals surface area contributed by atoms with Gasteiger partial charge in [0.1, 0.15) is 0 Å². The highest BCUT2D eigenvalue weighted by Gasteiger charge is 2.14. The minimum absolute atomic E-state index is 0.544. The van der Waals surface area contributed by atoms with Gasteiger partial charge in [0.15, 0.2) is 0 Å². The Bertz CT molecular complexity index is 498. The molecule has 2 aromatic carbocycles. The van der Waals surface area contributed by atoms with Gasteiger partial charge in [0.2, 0.25) is 0 Å². The summed E-state index contributed by atoms with van der Waals surface area (Å²) in [6.45, 7) is 1.15. The van der Waals surface area contributed by atoms with Crippen LogP contribution in [0.25, 0.3) is 11.1 Å². The van der Waals surface area contributed by atoms with Crippen LogP contribution in [-0.4, -0.2) is 6.54 Å². The lowest BCUT2D eigenvalue weighted by Crippen LogP contribution is -2.26. The molecule has 1 heterocycles. The lowest BCUT2D eigenvalue weighted by atomic mass is 9.94. The lowest BCUT2D eigenvalue weighted by molar-refractivity contribution is 0.412. The molecule has 0 radical (unpaired) electrons. The third-order valence-corrected chi connectivity index (χ3v) is 3.71. The summed E-state index contributed by atoms with van der Waals surface area (Å²) in [5.41, 5.74) is 4.05. The van der Waals surface area contributed by atoms with E-state index in [1.165, 1.54) is 36.0 Å². The predicted molar refractivity (Wildman–Crippen MR) is 76.5 cm³/mol. The first-order valence-electron chi connectivity index (χ1n) is 6.82. The quantitative estimate of drug-likeness (QED) is 0.826. The maximum Gasteiger partial charge on any atom is 0.0320 e. The van der Waals surface area contributed by atoms with E-state index in [9.17, 15) is 0 Å². The van der Waals surface area contributed by atoms with Crippen LogP contribution >= 0.6 is 0 Å². The Balaban J connectivity index is 1.89. The highest BCUT2D eigenvalue weighted by molar-refractivity contribution is 5.64. The van der Waals surface area contributed by atoms with Gasteiger partial charge in [-0.1, -0.05) is 55.0 Å². The average Bonchev–Trinajstić information content (AvgIpc) is 2.49. The SMILES string of the molecule is c1ccc(-c2cccc([C@@H]3CCCCN3)c2)cc1. The fourth-order valence-corrected chi connectivity index (χ4v) is 2.70. The second kappa shape index (κ2) is 5.36. The predicted octanol–water partition coefficient (Wildman–Crippen LogP) is 4.17. The van der Waals surface area contributed by atoms with E-state index in [2.05, 4.69) is 59.9 Å². The van der Waals surface area contributed by atoms with Crippen LogP contribution in [0, 0.1) is 0 Å². The molecular formula is C17H19N. The molecule has 0 aliphatic carbocycles. The van der Waals surface area contributed by atoms with E-state index >= 15 is 0 Å². The fourth-order valence-electron chi connectivity index (χ4n) is 2.70. The standard InChI is InChI=1S/C17H19N/c1-2-7-14(8-3-1)15-9-6-10-16(13-15)17-11-4-5-12-18-17/h1-3,6-10,13,17-18H,4-5,11-12H2/t17-/m0/s1. The van der Waals surface area contributed by atoms with Gasteiger partial charge in [0, 0.05) is 6.04 Å². The number of benzene rings is 2. The molecule has 2 aromatic rings. The van der Waals surface area contributed by atoms with Gasteiger partial charge in [0.25, 0.3) is 0 Å². The monoisotopic (exact) mass is 237 g/mol. The second-order valence-electron chi connectivity index (χ2n) is 4.99. The maximum atomic E-state index is 3.61. The van der Waals surface area contributed by atoms with Crippen LogP contribution in [0.5, 0.6) is 0 Å². The molecule has 0 aromatic heterocycles.